The van der Waals surface area contributed by atoms with E-state index in [1.54, 1.807) is 0 Å². The van der Waals surface area contributed by atoms with Crippen molar-refractivity contribution in [1.29, 1.82) is 0 Å². The monoisotopic (exact) mass is 247 g/mol. The largest absolute Gasteiger partial charge is 0.338 e. The summed E-state index contributed by atoms with van der Waals surface area (Å²) in [6, 6.07) is 9.42. The van der Waals surface area contributed by atoms with Crippen LogP contribution >= 0.6 is 0 Å². The van der Waals surface area contributed by atoms with Crippen LogP contribution in [0.2, 0.25) is 0 Å². The van der Waals surface area contributed by atoms with Crippen molar-refractivity contribution in [1.82, 2.24) is 9.80 Å². The summed E-state index contributed by atoms with van der Waals surface area (Å²) in [6.45, 7) is 4.57. The number of nitrogens with two attached hydrogens (primary N) is 1. The lowest BCUT2D eigenvalue weighted by Crippen LogP contribution is -2.53. The molecule has 98 valence electrons. The number of carbonyl (C=O) groups is 1. The van der Waals surface area contributed by atoms with Crippen molar-refractivity contribution in [2.24, 2.45) is 5.73 Å². The molecule has 1 aromatic rings. The van der Waals surface area contributed by atoms with Gasteiger partial charge in [-0.2, -0.15) is 0 Å². The number of hydrogen-bond acceptors (Lipinski definition) is 3. The molecular formula is C14H21N3O. The first-order valence-electron chi connectivity index (χ1n) is 6.39. The van der Waals surface area contributed by atoms with Gasteiger partial charge in [0.25, 0.3) is 0 Å². The topological polar surface area (TPSA) is 49.6 Å². The summed E-state index contributed by atoms with van der Waals surface area (Å²) in [4.78, 5) is 16.5. The Morgan fingerprint density at radius 2 is 2.00 bits per heavy atom. The highest BCUT2D eigenvalue weighted by molar-refractivity contribution is 5.83. The van der Waals surface area contributed by atoms with E-state index in [-0.39, 0.29) is 5.91 Å². The molecule has 1 unspecified atom stereocenters. The van der Waals surface area contributed by atoms with Crippen LogP contribution in [0.3, 0.4) is 0 Å². The van der Waals surface area contributed by atoms with Gasteiger partial charge < -0.3 is 15.5 Å². The van der Waals surface area contributed by atoms with Crippen LogP contribution in [0.15, 0.2) is 30.3 Å². The normalized spacial score (nSPS) is 22.8. The van der Waals surface area contributed by atoms with E-state index in [4.69, 9.17) is 5.73 Å². The molecule has 1 saturated heterocycles. The molecule has 1 heterocycles. The number of benzene rings is 1. The minimum atomic E-state index is -0.540. The first-order valence-corrected chi connectivity index (χ1v) is 6.39. The van der Waals surface area contributed by atoms with Crippen LogP contribution in [-0.2, 0) is 4.79 Å². The summed E-state index contributed by atoms with van der Waals surface area (Å²) in [5.41, 5.74) is 6.93. The van der Waals surface area contributed by atoms with Crippen molar-refractivity contribution < 1.29 is 4.79 Å². The summed E-state index contributed by atoms with van der Waals surface area (Å²) in [5, 5.41) is 0. The van der Waals surface area contributed by atoms with Gasteiger partial charge in [0.05, 0.1) is 0 Å². The van der Waals surface area contributed by atoms with Crippen molar-refractivity contribution in [3.63, 3.8) is 0 Å². The lowest BCUT2D eigenvalue weighted by molar-refractivity contribution is -0.135. The van der Waals surface area contributed by atoms with E-state index in [0.29, 0.717) is 6.04 Å². The average molecular weight is 247 g/mol. The minimum Gasteiger partial charge on any atom is -0.338 e. The maximum absolute atomic E-state index is 12.3. The van der Waals surface area contributed by atoms with Crippen LogP contribution in [0.1, 0.15) is 18.5 Å². The predicted octanol–water partition coefficient (Wildman–Crippen LogP) is 0.849. The fraction of sp³-hybridized carbons (Fsp3) is 0.500. The third-order valence-corrected chi connectivity index (χ3v) is 3.70. The quantitative estimate of drug-likeness (QED) is 0.843. The Kier molecular flexibility index (Phi) is 3.99. The van der Waals surface area contributed by atoms with Gasteiger partial charge in [0.15, 0.2) is 0 Å². The molecule has 2 N–H and O–H groups in total. The molecule has 2 rings (SSSR count). The second-order valence-corrected chi connectivity index (χ2v) is 5.00. The van der Waals surface area contributed by atoms with Crippen LogP contribution in [-0.4, -0.2) is 48.4 Å². The summed E-state index contributed by atoms with van der Waals surface area (Å²) in [7, 11) is 2.09. The molecule has 4 nitrogen and oxygen atoms in total. The smallest absolute Gasteiger partial charge is 0.244 e. The predicted molar refractivity (Wildman–Crippen MR) is 72.0 cm³/mol. The molecule has 18 heavy (non-hydrogen) atoms. The van der Waals surface area contributed by atoms with Gasteiger partial charge in [-0.15, -0.1) is 0 Å². The van der Waals surface area contributed by atoms with Crippen LogP contribution in [0.5, 0.6) is 0 Å². The lowest BCUT2D eigenvalue weighted by atomic mass is 10.1. The Hall–Kier alpha value is -1.39. The number of nitrogens with zero attached hydrogens (tertiary/aromatic N) is 2. The van der Waals surface area contributed by atoms with E-state index in [1.165, 1.54) is 0 Å². The second-order valence-electron chi connectivity index (χ2n) is 5.00. The zero-order valence-electron chi connectivity index (χ0n) is 11.0. The summed E-state index contributed by atoms with van der Waals surface area (Å²) in [5.74, 6) is 0.0288. The third kappa shape index (κ3) is 2.71. The fourth-order valence-corrected chi connectivity index (χ4v) is 2.25. The standard InChI is InChI=1S/C14H21N3O/c1-11-10-17(9-8-16(11)2)14(18)13(15)12-6-4-3-5-7-12/h3-7,11,13H,8-10,15H2,1-2H3/t11?,13-/m0/s1. The first kappa shape index (κ1) is 13.1. The molecule has 2 atom stereocenters. The number of amides is 1. The molecule has 4 heteroatoms. The molecule has 1 aliphatic heterocycles. The highest BCUT2D eigenvalue weighted by Crippen LogP contribution is 2.15. The van der Waals surface area contributed by atoms with Crippen molar-refractivity contribution >= 4 is 5.91 Å². The Balaban J connectivity index is 2.03. The molecule has 0 saturated carbocycles. The van der Waals surface area contributed by atoms with Gasteiger partial charge in [-0.1, -0.05) is 30.3 Å². The maximum Gasteiger partial charge on any atom is 0.244 e. The molecule has 0 spiro atoms. The molecule has 1 amide bonds. The molecule has 1 fully saturated rings. The molecule has 0 bridgehead atoms. The summed E-state index contributed by atoms with van der Waals surface area (Å²) in [6.07, 6.45) is 0. The average Bonchev–Trinajstić information content (AvgIpc) is 2.41. The Labute approximate surface area is 108 Å². The molecular weight excluding hydrogens is 226 g/mol. The van der Waals surface area contributed by atoms with Crippen LogP contribution < -0.4 is 5.73 Å². The minimum absolute atomic E-state index is 0.0288. The second kappa shape index (κ2) is 5.50. The molecule has 1 aliphatic rings. The van der Waals surface area contributed by atoms with E-state index in [9.17, 15) is 4.79 Å². The van der Waals surface area contributed by atoms with E-state index in [2.05, 4.69) is 18.9 Å². The highest BCUT2D eigenvalue weighted by Gasteiger charge is 2.28. The van der Waals surface area contributed by atoms with E-state index < -0.39 is 6.04 Å². The van der Waals surface area contributed by atoms with Gasteiger partial charge >= 0.3 is 0 Å². The SMILES string of the molecule is CC1CN(C(=O)[C@@H](N)c2ccccc2)CCN1C. The number of hydrogen-bond donors (Lipinski definition) is 1. The number of piperazine rings is 1. The highest BCUT2D eigenvalue weighted by atomic mass is 16.2. The van der Waals surface area contributed by atoms with Gasteiger partial charge in [0.1, 0.15) is 6.04 Å². The zero-order chi connectivity index (χ0) is 13.1. The van der Waals surface area contributed by atoms with Crippen molar-refractivity contribution in [2.75, 3.05) is 26.7 Å². The molecule has 0 aliphatic carbocycles. The van der Waals surface area contributed by atoms with E-state index >= 15 is 0 Å². The maximum atomic E-state index is 12.3. The van der Waals surface area contributed by atoms with Crippen LogP contribution in [0.25, 0.3) is 0 Å². The van der Waals surface area contributed by atoms with Crippen molar-refractivity contribution in [2.45, 2.75) is 19.0 Å². The Morgan fingerprint density at radius 1 is 1.33 bits per heavy atom. The van der Waals surface area contributed by atoms with Crippen LogP contribution in [0.4, 0.5) is 0 Å². The van der Waals surface area contributed by atoms with Gasteiger partial charge in [-0.05, 0) is 19.5 Å². The molecule has 1 aromatic carbocycles. The summed E-state index contributed by atoms with van der Waals surface area (Å²) >= 11 is 0. The van der Waals surface area contributed by atoms with Crippen molar-refractivity contribution in [3.8, 4) is 0 Å². The fourth-order valence-electron chi connectivity index (χ4n) is 2.25. The molecule has 0 aromatic heterocycles. The van der Waals surface area contributed by atoms with Gasteiger partial charge in [-0.3, -0.25) is 4.79 Å². The Bertz CT molecular complexity index is 407. The zero-order valence-corrected chi connectivity index (χ0v) is 11.0. The number of carbonyl (C=O) groups excluding carboxylic acids is 1. The van der Waals surface area contributed by atoms with Crippen molar-refractivity contribution in [3.05, 3.63) is 35.9 Å². The first-order chi connectivity index (χ1) is 8.59. The summed E-state index contributed by atoms with van der Waals surface area (Å²) < 4.78 is 0. The number of rotatable bonds is 2. The van der Waals surface area contributed by atoms with Gasteiger partial charge in [-0.25, -0.2) is 0 Å². The third-order valence-electron chi connectivity index (χ3n) is 3.70. The van der Waals surface area contributed by atoms with E-state index in [1.807, 2.05) is 35.2 Å². The van der Waals surface area contributed by atoms with E-state index in [0.717, 1.165) is 25.2 Å². The lowest BCUT2D eigenvalue weighted by Gasteiger charge is -2.38. The van der Waals surface area contributed by atoms with Crippen LogP contribution in [0, 0.1) is 0 Å². The van der Waals surface area contributed by atoms with Gasteiger partial charge in [0, 0.05) is 25.7 Å². The van der Waals surface area contributed by atoms with Gasteiger partial charge in [0.2, 0.25) is 5.91 Å². The number of likely N-dealkylation sites (N-methyl/N-ethyl adjacent to an activating group) is 1. The molecule has 0 radical (unpaired) electrons. The Morgan fingerprint density at radius 3 is 2.61 bits per heavy atom.